The van der Waals surface area contributed by atoms with E-state index in [0.717, 1.165) is 0 Å². The van der Waals surface area contributed by atoms with Crippen LogP contribution in [-0.2, 0) is 0 Å². The number of aromatic nitrogens is 1. The minimum absolute atomic E-state index is 1.17. The maximum Gasteiger partial charge on any atom is 0.0352 e. The normalized spacial score (nSPS) is 10.7. The van der Waals surface area contributed by atoms with Crippen LogP contribution in [0.5, 0.6) is 0 Å². The van der Waals surface area contributed by atoms with E-state index in [4.69, 9.17) is 0 Å². The highest BCUT2D eigenvalue weighted by Crippen LogP contribution is 2.29. The molecule has 4 aromatic rings. The molecular formula is C21H15N. The van der Waals surface area contributed by atoms with Crippen LogP contribution >= 0.6 is 0 Å². The van der Waals surface area contributed by atoms with Crippen molar-refractivity contribution in [3.63, 3.8) is 0 Å². The van der Waals surface area contributed by atoms with E-state index < -0.39 is 0 Å². The van der Waals surface area contributed by atoms with Gasteiger partial charge in [-0.3, -0.25) is 4.98 Å². The van der Waals surface area contributed by atoms with Crippen molar-refractivity contribution in [3.05, 3.63) is 91.3 Å². The van der Waals surface area contributed by atoms with Gasteiger partial charge >= 0.3 is 0 Å². The van der Waals surface area contributed by atoms with Crippen molar-refractivity contribution < 1.29 is 0 Å². The second-order valence-corrected chi connectivity index (χ2v) is 5.35. The maximum absolute atomic E-state index is 4.37. The molecule has 22 heavy (non-hydrogen) atoms. The van der Waals surface area contributed by atoms with Gasteiger partial charge in [0.25, 0.3) is 0 Å². The van der Waals surface area contributed by atoms with Crippen LogP contribution in [0.25, 0.3) is 33.0 Å². The zero-order valence-electron chi connectivity index (χ0n) is 12.1. The van der Waals surface area contributed by atoms with Crippen LogP contribution in [0.4, 0.5) is 0 Å². The number of hydrogen-bond donors (Lipinski definition) is 0. The summed E-state index contributed by atoms with van der Waals surface area (Å²) in [5.74, 6) is 0. The van der Waals surface area contributed by atoms with Gasteiger partial charge in [0.2, 0.25) is 0 Å². The first-order valence-corrected chi connectivity index (χ1v) is 7.40. The highest BCUT2D eigenvalue weighted by Gasteiger charge is 2.04. The molecule has 4 rings (SSSR count). The van der Waals surface area contributed by atoms with Gasteiger partial charge in [-0.25, -0.2) is 0 Å². The summed E-state index contributed by atoms with van der Waals surface area (Å²) in [4.78, 5) is 4.37. The molecule has 0 bridgehead atoms. The molecule has 1 heteroatoms. The molecule has 3 aromatic carbocycles. The number of benzene rings is 3. The highest BCUT2D eigenvalue weighted by atomic mass is 14.6. The fourth-order valence-electron chi connectivity index (χ4n) is 2.82. The standard InChI is InChI=1S/C21H15N/c1-2-6-16(7-3-1)17-10-12-18(13-11-17)21-15-22-14-19-8-4-5-9-20(19)21/h1-15H. The molecule has 104 valence electrons. The Labute approximate surface area is 129 Å². The Morgan fingerprint density at radius 2 is 1.14 bits per heavy atom. The van der Waals surface area contributed by atoms with Crippen molar-refractivity contribution in [2.45, 2.75) is 0 Å². The topological polar surface area (TPSA) is 12.9 Å². The first kappa shape index (κ1) is 12.8. The lowest BCUT2D eigenvalue weighted by Gasteiger charge is -2.07. The van der Waals surface area contributed by atoms with Crippen molar-refractivity contribution in [1.82, 2.24) is 4.98 Å². The minimum atomic E-state index is 1.17. The van der Waals surface area contributed by atoms with E-state index >= 15 is 0 Å². The second-order valence-electron chi connectivity index (χ2n) is 5.35. The van der Waals surface area contributed by atoms with E-state index in [0.29, 0.717) is 0 Å². The predicted octanol–water partition coefficient (Wildman–Crippen LogP) is 5.57. The molecule has 0 amide bonds. The predicted molar refractivity (Wildman–Crippen MR) is 92.6 cm³/mol. The van der Waals surface area contributed by atoms with Gasteiger partial charge in [0.1, 0.15) is 0 Å². The lowest BCUT2D eigenvalue weighted by Crippen LogP contribution is -1.84. The Morgan fingerprint density at radius 1 is 0.500 bits per heavy atom. The summed E-state index contributed by atoms with van der Waals surface area (Å²) in [5.41, 5.74) is 4.85. The summed E-state index contributed by atoms with van der Waals surface area (Å²) >= 11 is 0. The van der Waals surface area contributed by atoms with Crippen molar-refractivity contribution in [3.8, 4) is 22.3 Å². The first-order chi connectivity index (χ1) is 10.9. The van der Waals surface area contributed by atoms with Gasteiger partial charge in [-0.2, -0.15) is 0 Å². The van der Waals surface area contributed by atoms with Crippen LogP contribution in [0.15, 0.2) is 91.3 Å². The van der Waals surface area contributed by atoms with Crippen LogP contribution < -0.4 is 0 Å². The molecule has 1 heterocycles. The number of nitrogens with zero attached hydrogens (tertiary/aromatic N) is 1. The molecule has 0 aliphatic rings. The number of fused-ring (bicyclic) bond motifs is 1. The summed E-state index contributed by atoms with van der Waals surface area (Å²) in [5, 5.41) is 2.41. The van der Waals surface area contributed by atoms with E-state index in [2.05, 4.69) is 71.7 Å². The number of pyridine rings is 1. The largest absolute Gasteiger partial charge is 0.263 e. The average Bonchev–Trinajstić information content (AvgIpc) is 2.62. The maximum atomic E-state index is 4.37. The zero-order chi connectivity index (χ0) is 14.8. The lowest BCUT2D eigenvalue weighted by molar-refractivity contribution is 1.36. The van der Waals surface area contributed by atoms with E-state index in [1.54, 1.807) is 0 Å². The van der Waals surface area contributed by atoms with Crippen LogP contribution in [0.3, 0.4) is 0 Å². The highest BCUT2D eigenvalue weighted by molar-refractivity contribution is 5.95. The van der Waals surface area contributed by atoms with E-state index in [1.165, 1.54) is 33.0 Å². The quantitative estimate of drug-likeness (QED) is 0.468. The van der Waals surface area contributed by atoms with Crippen molar-refractivity contribution >= 4 is 10.8 Å². The Morgan fingerprint density at radius 3 is 1.95 bits per heavy atom. The fraction of sp³-hybridized carbons (Fsp3) is 0. The molecule has 0 aliphatic carbocycles. The molecule has 0 spiro atoms. The molecule has 0 radical (unpaired) electrons. The Kier molecular flexibility index (Phi) is 3.17. The fourth-order valence-corrected chi connectivity index (χ4v) is 2.82. The number of hydrogen-bond acceptors (Lipinski definition) is 1. The van der Waals surface area contributed by atoms with Gasteiger partial charge in [0.15, 0.2) is 0 Å². The van der Waals surface area contributed by atoms with Crippen molar-refractivity contribution in [2.75, 3.05) is 0 Å². The Balaban J connectivity index is 1.80. The summed E-state index contributed by atoms with van der Waals surface area (Å²) in [6.07, 6.45) is 3.86. The lowest BCUT2D eigenvalue weighted by atomic mass is 9.98. The van der Waals surface area contributed by atoms with Crippen LogP contribution in [0.2, 0.25) is 0 Å². The minimum Gasteiger partial charge on any atom is -0.263 e. The second kappa shape index (κ2) is 5.45. The molecule has 1 nitrogen and oxygen atoms in total. The van der Waals surface area contributed by atoms with E-state index in [1.807, 2.05) is 24.5 Å². The molecule has 0 saturated heterocycles. The molecular weight excluding hydrogens is 266 g/mol. The molecule has 0 atom stereocenters. The van der Waals surface area contributed by atoms with Gasteiger partial charge < -0.3 is 0 Å². The molecule has 0 saturated carbocycles. The molecule has 0 fully saturated rings. The third-order valence-electron chi connectivity index (χ3n) is 3.97. The Bertz CT molecular complexity index is 904. The van der Waals surface area contributed by atoms with Gasteiger partial charge in [-0.1, -0.05) is 78.9 Å². The molecule has 0 unspecified atom stereocenters. The van der Waals surface area contributed by atoms with Crippen LogP contribution in [-0.4, -0.2) is 4.98 Å². The van der Waals surface area contributed by atoms with E-state index in [-0.39, 0.29) is 0 Å². The monoisotopic (exact) mass is 281 g/mol. The zero-order valence-corrected chi connectivity index (χ0v) is 12.1. The SMILES string of the molecule is c1ccc(-c2ccc(-c3cncc4ccccc34)cc2)cc1. The third-order valence-corrected chi connectivity index (χ3v) is 3.97. The van der Waals surface area contributed by atoms with Gasteiger partial charge in [0.05, 0.1) is 0 Å². The Hall–Kier alpha value is -2.93. The first-order valence-electron chi connectivity index (χ1n) is 7.40. The van der Waals surface area contributed by atoms with Crippen molar-refractivity contribution in [2.24, 2.45) is 0 Å². The van der Waals surface area contributed by atoms with Crippen LogP contribution in [0.1, 0.15) is 0 Å². The van der Waals surface area contributed by atoms with Crippen molar-refractivity contribution in [1.29, 1.82) is 0 Å². The van der Waals surface area contributed by atoms with Crippen LogP contribution in [0, 0.1) is 0 Å². The van der Waals surface area contributed by atoms with Gasteiger partial charge in [-0.05, 0) is 22.1 Å². The number of rotatable bonds is 2. The van der Waals surface area contributed by atoms with E-state index in [9.17, 15) is 0 Å². The molecule has 0 aliphatic heterocycles. The summed E-state index contributed by atoms with van der Waals surface area (Å²) in [6, 6.07) is 27.5. The van der Waals surface area contributed by atoms with Gasteiger partial charge in [-0.15, -0.1) is 0 Å². The third kappa shape index (κ3) is 2.27. The summed E-state index contributed by atoms with van der Waals surface area (Å²) < 4.78 is 0. The average molecular weight is 281 g/mol. The summed E-state index contributed by atoms with van der Waals surface area (Å²) in [6.45, 7) is 0. The molecule has 0 N–H and O–H groups in total. The summed E-state index contributed by atoms with van der Waals surface area (Å²) in [7, 11) is 0. The smallest absolute Gasteiger partial charge is 0.0352 e. The molecule has 1 aromatic heterocycles. The van der Waals surface area contributed by atoms with Gasteiger partial charge in [0, 0.05) is 23.3 Å².